The van der Waals surface area contributed by atoms with E-state index in [2.05, 4.69) is 5.10 Å². The van der Waals surface area contributed by atoms with Crippen LogP contribution < -0.4 is 5.56 Å². The minimum atomic E-state index is -0.361. The lowest BCUT2D eigenvalue weighted by atomic mass is 10.1. The third kappa shape index (κ3) is 2.70. The molecule has 0 atom stereocenters. The molecule has 0 aliphatic rings. The first-order chi connectivity index (χ1) is 12.7. The van der Waals surface area contributed by atoms with Crippen molar-refractivity contribution in [2.45, 2.75) is 13.2 Å². The number of fused-ring (bicyclic) bond motifs is 1. The highest BCUT2D eigenvalue weighted by Crippen LogP contribution is 2.24. The van der Waals surface area contributed by atoms with E-state index in [-0.39, 0.29) is 24.5 Å². The van der Waals surface area contributed by atoms with Gasteiger partial charge in [-0.1, -0.05) is 48.5 Å². The van der Waals surface area contributed by atoms with Gasteiger partial charge in [-0.2, -0.15) is 5.10 Å². The SMILES string of the molecule is O=c1c2c(CO)c(-c3ccccc3)nn2ccn1Cc1ccccc1F. The Balaban J connectivity index is 1.88. The van der Waals surface area contributed by atoms with Crippen molar-refractivity contribution < 1.29 is 9.50 Å². The molecule has 0 fully saturated rings. The van der Waals surface area contributed by atoms with Gasteiger partial charge in [-0.25, -0.2) is 8.91 Å². The van der Waals surface area contributed by atoms with Gasteiger partial charge in [0.15, 0.2) is 0 Å². The maximum Gasteiger partial charge on any atom is 0.277 e. The average molecular weight is 349 g/mol. The van der Waals surface area contributed by atoms with Gasteiger partial charge in [0, 0.05) is 29.1 Å². The van der Waals surface area contributed by atoms with Gasteiger partial charge >= 0.3 is 0 Å². The van der Waals surface area contributed by atoms with Crippen LogP contribution in [0.5, 0.6) is 0 Å². The Morgan fingerprint density at radius 2 is 1.73 bits per heavy atom. The predicted molar refractivity (Wildman–Crippen MR) is 96.3 cm³/mol. The lowest BCUT2D eigenvalue weighted by molar-refractivity contribution is 0.283. The smallest absolute Gasteiger partial charge is 0.277 e. The van der Waals surface area contributed by atoms with Crippen LogP contribution in [0.25, 0.3) is 16.8 Å². The van der Waals surface area contributed by atoms with Crippen molar-refractivity contribution in [2.75, 3.05) is 0 Å². The molecule has 5 nitrogen and oxygen atoms in total. The van der Waals surface area contributed by atoms with Crippen LogP contribution in [0.4, 0.5) is 4.39 Å². The number of aromatic nitrogens is 3. The van der Waals surface area contributed by atoms with E-state index in [1.165, 1.54) is 15.1 Å². The van der Waals surface area contributed by atoms with E-state index in [4.69, 9.17) is 0 Å². The molecule has 4 aromatic rings. The number of aliphatic hydroxyl groups is 1. The Morgan fingerprint density at radius 1 is 1.00 bits per heavy atom. The summed E-state index contributed by atoms with van der Waals surface area (Å²) in [7, 11) is 0. The molecule has 2 aromatic carbocycles. The van der Waals surface area contributed by atoms with Crippen molar-refractivity contribution in [2.24, 2.45) is 0 Å². The highest BCUT2D eigenvalue weighted by atomic mass is 19.1. The van der Waals surface area contributed by atoms with E-state index in [0.29, 0.717) is 22.3 Å². The van der Waals surface area contributed by atoms with Gasteiger partial charge in [0.25, 0.3) is 5.56 Å². The van der Waals surface area contributed by atoms with Gasteiger partial charge in [-0.05, 0) is 6.07 Å². The molecule has 0 radical (unpaired) electrons. The number of benzene rings is 2. The summed E-state index contributed by atoms with van der Waals surface area (Å²) in [6.07, 6.45) is 3.22. The third-order valence-electron chi connectivity index (χ3n) is 4.36. The summed E-state index contributed by atoms with van der Waals surface area (Å²) in [5.41, 5.74) is 2.24. The summed E-state index contributed by atoms with van der Waals surface area (Å²) in [5.74, 6) is -0.361. The molecule has 0 aliphatic heterocycles. The second-order valence-corrected chi connectivity index (χ2v) is 5.97. The van der Waals surface area contributed by atoms with Crippen molar-refractivity contribution in [3.05, 3.63) is 94.3 Å². The zero-order valence-corrected chi connectivity index (χ0v) is 13.8. The number of hydrogen-bond donors (Lipinski definition) is 1. The molecule has 0 unspecified atom stereocenters. The third-order valence-corrected chi connectivity index (χ3v) is 4.36. The van der Waals surface area contributed by atoms with E-state index in [9.17, 15) is 14.3 Å². The van der Waals surface area contributed by atoms with Gasteiger partial charge < -0.3 is 9.67 Å². The maximum atomic E-state index is 13.9. The van der Waals surface area contributed by atoms with Gasteiger partial charge in [-0.15, -0.1) is 0 Å². The van der Waals surface area contributed by atoms with Crippen LogP contribution in [-0.2, 0) is 13.2 Å². The van der Waals surface area contributed by atoms with E-state index in [0.717, 1.165) is 5.56 Å². The number of rotatable bonds is 4. The van der Waals surface area contributed by atoms with Crippen LogP contribution in [0.1, 0.15) is 11.1 Å². The minimum absolute atomic E-state index is 0.110. The number of hydrogen-bond acceptors (Lipinski definition) is 3. The van der Waals surface area contributed by atoms with Gasteiger partial charge in [-0.3, -0.25) is 4.79 Å². The van der Waals surface area contributed by atoms with Crippen molar-refractivity contribution in [1.29, 1.82) is 0 Å². The fourth-order valence-corrected chi connectivity index (χ4v) is 3.06. The van der Waals surface area contributed by atoms with E-state index in [1.807, 2.05) is 30.3 Å². The summed E-state index contributed by atoms with van der Waals surface area (Å²) in [5, 5.41) is 14.3. The fourth-order valence-electron chi connectivity index (χ4n) is 3.06. The van der Waals surface area contributed by atoms with Crippen LogP contribution in [0.2, 0.25) is 0 Å². The Morgan fingerprint density at radius 3 is 2.46 bits per heavy atom. The predicted octanol–water partition coefficient (Wildman–Crippen LogP) is 2.84. The number of aliphatic hydroxyl groups excluding tert-OH is 1. The molecule has 0 amide bonds. The molecule has 0 bridgehead atoms. The molecule has 0 saturated carbocycles. The minimum Gasteiger partial charge on any atom is -0.392 e. The molecule has 0 aliphatic carbocycles. The van der Waals surface area contributed by atoms with Crippen LogP contribution >= 0.6 is 0 Å². The van der Waals surface area contributed by atoms with Crippen molar-refractivity contribution in [1.82, 2.24) is 14.2 Å². The molecule has 1 N–H and O–H groups in total. The van der Waals surface area contributed by atoms with Crippen molar-refractivity contribution in [3.8, 4) is 11.3 Å². The molecule has 130 valence electrons. The zero-order valence-electron chi connectivity index (χ0n) is 13.8. The van der Waals surface area contributed by atoms with Crippen LogP contribution in [0, 0.1) is 5.82 Å². The number of nitrogens with zero attached hydrogens (tertiary/aromatic N) is 3. The summed E-state index contributed by atoms with van der Waals surface area (Å²) >= 11 is 0. The Labute approximate surface area is 148 Å². The Kier molecular flexibility index (Phi) is 4.10. The van der Waals surface area contributed by atoms with Crippen molar-refractivity contribution in [3.63, 3.8) is 0 Å². The van der Waals surface area contributed by atoms with Gasteiger partial charge in [0.05, 0.1) is 18.8 Å². The van der Waals surface area contributed by atoms with Crippen molar-refractivity contribution >= 4 is 5.52 Å². The summed E-state index contributed by atoms with van der Waals surface area (Å²) in [4.78, 5) is 12.9. The molecule has 2 heterocycles. The first-order valence-electron chi connectivity index (χ1n) is 8.19. The monoisotopic (exact) mass is 349 g/mol. The molecule has 0 saturated heterocycles. The first kappa shape index (κ1) is 16.2. The molecule has 6 heteroatoms. The molecule has 2 aromatic heterocycles. The highest BCUT2D eigenvalue weighted by Gasteiger charge is 2.17. The Bertz CT molecular complexity index is 1130. The summed E-state index contributed by atoms with van der Waals surface area (Å²) in [6.45, 7) is -0.203. The van der Waals surface area contributed by atoms with Crippen LogP contribution in [-0.4, -0.2) is 19.3 Å². The van der Waals surface area contributed by atoms with Crippen LogP contribution in [0.3, 0.4) is 0 Å². The van der Waals surface area contributed by atoms with E-state index >= 15 is 0 Å². The van der Waals surface area contributed by atoms with Gasteiger partial charge in [0.2, 0.25) is 0 Å². The summed E-state index contributed by atoms with van der Waals surface area (Å²) in [6, 6.07) is 15.7. The average Bonchev–Trinajstić information content (AvgIpc) is 3.06. The largest absolute Gasteiger partial charge is 0.392 e. The van der Waals surface area contributed by atoms with Crippen LogP contribution in [0.15, 0.2) is 71.8 Å². The maximum absolute atomic E-state index is 13.9. The second-order valence-electron chi connectivity index (χ2n) is 5.97. The highest BCUT2D eigenvalue weighted by molar-refractivity contribution is 5.72. The molecule has 4 rings (SSSR count). The van der Waals surface area contributed by atoms with E-state index in [1.54, 1.807) is 30.6 Å². The lowest BCUT2D eigenvalue weighted by Gasteiger charge is -2.07. The molecular formula is C20H16FN3O2. The topological polar surface area (TPSA) is 59.5 Å². The molecule has 0 spiro atoms. The van der Waals surface area contributed by atoms with E-state index < -0.39 is 0 Å². The first-order valence-corrected chi connectivity index (χ1v) is 8.19. The Hall–Kier alpha value is -3.25. The molecule has 26 heavy (non-hydrogen) atoms. The number of halogens is 1. The lowest BCUT2D eigenvalue weighted by Crippen LogP contribution is -2.23. The zero-order chi connectivity index (χ0) is 18.1. The second kappa shape index (κ2) is 6.57. The normalized spacial score (nSPS) is 11.2. The fraction of sp³-hybridized carbons (Fsp3) is 0.100. The quantitative estimate of drug-likeness (QED) is 0.616. The summed E-state index contributed by atoms with van der Waals surface area (Å²) < 4.78 is 16.8. The van der Waals surface area contributed by atoms with Gasteiger partial charge in [0.1, 0.15) is 11.3 Å². The molecular weight excluding hydrogens is 333 g/mol. The standard InChI is InChI=1S/C20H16FN3O2/c21-17-9-5-4-8-15(17)12-23-10-11-24-19(20(23)26)16(13-25)18(22-24)14-6-2-1-3-7-14/h1-11,25H,12-13H2.